The van der Waals surface area contributed by atoms with E-state index in [9.17, 15) is 0 Å². The highest BCUT2D eigenvalue weighted by atomic mass is 16.5. The molecular formula is C12H22N2O. The van der Waals surface area contributed by atoms with E-state index in [2.05, 4.69) is 10.2 Å². The minimum atomic E-state index is 0.581. The van der Waals surface area contributed by atoms with E-state index in [1.165, 1.54) is 38.9 Å². The number of morpholine rings is 1. The first-order chi connectivity index (χ1) is 7.42. The highest BCUT2D eigenvalue weighted by Gasteiger charge is 2.36. The molecule has 0 spiro atoms. The van der Waals surface area contributed by atoms with Gasteiger partial charge >= 0.3 is 0 Å². The van der Waals surface area contributed by atoms with Gasteiger partial charge in [0.25, 0.3) is 0 Å². The maximum atomic E-state index is 5.50. The van der Waals surface area contributed by atoms with Gasteiger partial charge in [-0.2, -0.15) is 0 Å². The zero-order valence-electron chi connectivity index (χ0n) is 9.45. The standard InChI is InChI=1S/C12H22N2O/c1-2-10-6-14(7-11(10)3-1)8-12-9-15-5-4-13-12/h10-13H,1-9H2. The largest absolute Gasteiger partial charge is 0.378 e. The molecular weight excluding hydrogens is 188 g/mol. The van der Waals surface area contributed by atoms with Crippen molar-refractivity contribution in [3.63, 3.8) is 0 Å². The SMILES string of the molecule is C1CC2CN(CC3COCCN3)CC2C1. The average molecular weight is 210 g/mol. The van der Waals surface area contributed by atoms with E-state index >= 15 is 0 Å². The summed E-state index contributed by atoms with van der Waals surface area (Å²) in [6.07, 6.45) is 4.44. The van der Waals surface area contributed by atoms with Crippen molar-refractivity contribution in [3.8, 4) is 0 Å². The van der Waals surface area contributed by atoms with Crippen LogP contribution in [0.2, 0.25) is 0 Å². The predicted molar refractivity (Wildman–Crippen MR) is 59.9 cm³/mol. The second-order valence-corrected chi connectivity index (χ2v) is 5.40. The topological polar surface area (TPSA) is 24.5 Å². The summed E-state index contributed by atoms with van der Waals surface area (Å²) in [7, 11) is 0. The van der Waals surface area contributed by atoms with Gasteiger partial charge in [0.2, 0.25) is 0 Å². The molecule has 1 N–H and O–H groups in total. The number of nitrogens with zero attached hydrogens (tertiary/aromatic N) is 1. The average Bonchev–Trinajstić information content (AvgIpc) is 2.79. The van der Waals surface area contributed by atoms with Gasteiger partial charge < -0.3 is 15.0 Å². The first kappa shape index (κ1) is 10.1. The Hall–Kier alpha value is -0.120. The number of nitrogens with one attached hydrogen (secondary N) is 1. The molecule has 2 saturated heterocycles. The molecule has 3 nitrogen and oxygen atoms in total. The first-order valence-corrected chi connectivity index (χ1v) is 6.45. The molecule has 86 valence electrons. The molecule has 0 aromatic heterocycles. The number of hydrogen-bond acceptors (Lipinski definition) is 3. The zero-order valence-corrected chi connectivity index (χ0v) is 9.45. The maximum Gasteiger partial charge on any atom is 0.0632 e. The van der Waals surface area contributed by atoms with Crippen LogP contribution in [0, 0.1) is 11.8 Å². The molecule has 0 aromatic rings. The Morgan fingerprint density at radius 2 is 2.00 bits per heavy atom. The summed E-state index contributed by atoms with van der Waals surface area (Å²) >= 11 is 0. The fourth-order valence-electron chi connectivity index (χ4n) is 3.53. The molecule has 15 heavy (non-hydrogen) atoms. The van der Waals surface area contributed by atoms with Crippen LogP contribution in [0.5, 0.6) is 0 Å². The smallest absolute Gasteiger partial charge is 0.0632 e. The van der Waals surface area contributed by atoms with Crippen LogP contribution in [0.25, 0.3) is 0 Å². The van der Waals surface area contributed by atoms with Gasteiger partial charge in [-0.15, -0.1) is 0 Å². The van der Waals surface area contributed by atoms with Gasteiger partial charge in [-0.25, -0.2) is 0 Å². The number of likely N-dealkylation sites (tertiary alicyclic amines) is 1. The summed E-state index contributed by atoms with van der Waals surface area (Å²) in [6, 6.07) is 0.581. The summed E-state index contributed by atoms with van der Waals surface area (Å²) in [4.78, 5) is 2.65. The maximum absolute atomic E-state index is 5.50. The molecule has 0 amide bonds. The molecule has 0 radical (unpaired) electrons. The van der Waals surface area contributed by atoms with E-state index in [1.807, 2.05) is 0 Å². The molecule has 0 bridgehead atoms. The van der Waals surface area contributed by atoms with Gasteiger partial charge in [0, 0.05) is 32.2 Å². The fourth-order valence-corrected chi connectivity index (χ4v) is 3.53. The van der Waals surface area contributed by atoms with Crippen molar-refractivity contribution in [2.24, 2.45) is 11.8 Å². The van der Waals surface area contributed by atoms with Crippen molar-refractivity contribution in [2.75, 3.05) is 39.4 Å². The number of hydrogen-bond donors (Lipinski definition) is 1. The van der Waals surface area contributed by atoms with Gasteiger partial charge in [-0.05, 0) is 24.7 Å². The van der Waals surface area contributed by atoms with Crippen LogP contribution in [0.4, 0.5) is 0 Å². The molecule has 1 saturated carbocycles. The summed E-state index contributed by atoms with van der Waals surface area (Å²) in [5.41, 5.74) is 0. The zero-order chi connectivity index (χ0) is 10.1. The van der Waals surface area contributed by atoms with Crippen molar-refractivity contribution >= 4 is 0 Å². The lowest BCUT2D eigenvalue weighted by molar-refractivity contribution is 0.0641. The van der Waals surface area contributed by atoms with Gasteiger partial charge in [0.15, 0.2) is 0 Å². The molecule has 1 aliphatic carbocycles. The van der Waals surface area contributed by atoms with Crippen LogP contribution in [0.15, 0.2) is 0 Å². The van der Waals surface area contributed by atoms with E-state index in [0.29, 0.717) is 6.04 Å². The van der Waals surface area contributed by atoms with E-state index in [-0.39, 0.29) is 0 Å². The number of ether oxygens (including phenoxy) is 1. The molecule has 3 heteroatoms. The Kier molecular flexibility index (Phi) is 2.95. The Balaban J connectivity index is 1.48. The third-order valence-electron chi connectivity index (χ3n) is 4.28. The second-order valence-electron chi connectivity index (χ2n) is 5.40. The van der Waals surface area contributed by atoms with Crippen LogP contribution < -0.4 is 5.32 Å². The van der Waals surface area contributed by atoms with Crippen molar-refractivity contribution in [2.45, 2.75) is 25.3 Å². The third kappa shape index (κ3) is 2.19. The van der Waals surface area contributed by atoms with Crippen LogP contribution >= 0.6 is 0 Å². The minimum Gasteiger partial charge on any atom is -0.378 e. The van der Waals surface area contributed by atoms with E-state index in [4.69, 9.17) is 4.74 Å². The van der Waals surface area contributed by atoms with Crippen molar-refractivity contribution in [3.05, 3.63) is 0 Å². The summed E-state index contributed by atoms with van der Waals surface area (Å²) in [6.45, 7) is 6.73. The van der Waals surface area contributed by atoms with Gasteiger partial charge in [0.05, 0.1) is 13.2 Å². The van der Waals surface area contributed by atoms with Crippen molar-refractivity contribution in [1.82, 2.24) is 10.2 Å². The Morgan fingerprint density at radius 3 is 2.67 bits per heavy atom. The second kappa shape index (κ2) is 4.40. The highest BCUT2D eigenvalue weighted by molar-refractivity contribution is 4.90. The molecule has 2 heterocycles. The summed E-state index contributed by atoms with van der Waals surface area (Å²) in [5.74, 6) is 2.05. The van der Waals surface area contributed by atoms with Crippen molar-refractivity contribution < 1.29 is 4.74 Å². The van der Waals surface area contributed by atoms with Crippen LogP contribution in [0.1, 0.15) is 19.3 Å². The normalized spacial score (nSPS) is 42.0. The van der Waals surface area contributed by atoms with E-state index < -0.39 is 0 Å². The Bertz CT molecular complexity index is 204. The lowest BCUT2D eigenvalue weighted by atomic mass is 10.0. The molecule has 2 aliphatic heterocycles. The lowest BCUT2D eigenvalue weighted by Crippen LogP contribution is -2.48. The minimum absolute atomic E-state index is 0.581. The molecule has 3 aliphatic rings. The summed E-state index contributed by atoms with van der Waals surface area (Å²) in [5, 5.41) is 3.55. The molecule has 0 aromatic carbocycles. The fraction of sp³-hybridized carbons (Fsp3) is 1.00. The van der Waals surface area contributed by atoms with Crippen LogP contribution in [0.3, 0.4) is 0 Å². The molecule has 3 fully saturated rings. The quantitative estimate of drug-likeness (QED) is 0.726. The first-order valence-electron chi connectivity index (χ1n) is 6.45. The third-order valence-corrected chi connectivity index (χ3v) is 4.28. The van der Waals surface area contributed by atoms with E-state index in [0.717, 1.165) is 31.6 Å². The van der Waals surface area contributed by atoms with Gasteiger partial charge in [-0.3, -0.25) is 0 Å². The molecule has 3 atom stereocenters. The van der Waals surface area contributed by atoms with Gasteiger partial charge in [-0.1, -0.05) is 6.42 Å². The van der Waals surface area contributed by atoms with Gasteiger partial charge in [0.1, 0.15) is 0 Å². The Labute approximate surface area is 92.2 Å². The van der Waals surface area contributed by atoms with E-state index in [1.54, 1.807) is 0 Å². The molecule has 3 unspecified atom stereocenters. The lowest BCUT2D eigenvalue weighted by Gasteiger charge is -2.28. The molecule has 3 rings (SSSR count). The highest BCUT2D eigenvalue weighted by Crippen LogP contribution is 2.37. The summed E-state index contributed by atoms with van der Waals surface area (Å²) < 4.78 is 5.50. The predicted octanol–water partition coefficient (Wildman–Crippen LogP) is 0.707. The number of rotatable bonds is 2. The number of fused-ring (bicyclic) bond motifs is 1. The monoisotopic (exact) mass is 210 g/mol. The van der Waals surface area contributed by atoms with Crippen LogP contribution in [-0.4, -0.2) is 50.3 Å². The van der Waals surface area contributed by atoms with Crippen LogP contribution in [-0.2, 0) is 4.74 Å². The Morgan fingerprint density at radius 1 is 1.20 bits per heavy atom. The van der Waals surface area contributed by atoms with Crippen molar-refractivity contribution in [1.29, 1.82) is 0 Å².